The van der Waals surface area contributed by atoms with Crippen molar-refractivity contribution >= 4 is 16.8 Å². The van der Waals surface area contributed by atoms with Gasteiger partial charge in [0.15, 0.2) is 0 Å². The predicted molar refractivity (Wildman–Crippen MR) is 80.6 cm³/mol. The second-order valence-electron chi connectivity index (χ2n) is 5.56. The van der Waals surface area contributed by atoms with Crippen LogP contribution in [0.15, 0.2) is 30.3 Å². The summed E-state index contributed by atoms with van der Waals surface area (Å²) >= 11 is 0. The van der Waals surface area contributed by atoms with Crippen molar-refractivity contribution in [2.75, 3.05) is 13.1 Å². The van der Waals surface area contributed by atoms with Crippen LogP contribution in [0.4, 0.5) is 0 Å². The molecule has 0 bridgehead atoms. The summed E-state index contributed by atoms with van der Waals surface area (Å²) in [4.78, 5) is 19.0. The lowest BCUT2D eigenvalue weighted by atomic mass is 10.1. The van der Waals surface area contributed by atoms with Crippen LogP contribution in [0.2, 0.25) is 0 Å². The van der Waals surface area contributed by atoms with E-state index in [2.05, 4.69) is 17.1 Å². The molecule has 1 aliphatic rings. The van der Waals surface area contributed by atoms with Crippen LogP contribution >= 0.6 is 0 Å². The molecule has 20 heavy (non-hydrogen) atoms. The van der Waals surface area contributed by atoms with Crippen LogP contribution < -0.4 is 0 Å². The zero-order valence-corrected chi connectivity index (χ0v) is 11.9. The van der Waals surface area contributed by atoms with E-state index in [1.807, 2.05) is 30.0 Å². The number of piperidine rings is 1. The number of carbonyl (C=O) groups excluding carboxylic acids is 1. The van der Waals surface area contributed by atoms with Gasteiger partial charge < -0.3 is 4.90 Å². The van der Waals surface area contributed by atoms with E-state index < -0.39 is 0 Å². The molecule has 0 saturated carbocycles. The van der Waals surface area contributed by atoms with Crippen molar-refractivity contribution in [1.29, 1.82) is 0 Å². The third-order valence-electron chi connectivity index (χ3n) is 4.05. The molecule has 3 heteroatoms. The monoisotopic (exact) mass is 268 g/mol. The lowest BCUT2D eigenvalue weighted by Crippen LogP contribution is -2.36. The SMILES string of the molecule is Cc1cc2ccccc2nc1CC(=O)N1CCCCC1. The molecule has 1 amide bonds. The summed E-state index contributed by atoms with van der Waals surface area (Å²) in [5, 5.41) is 1.14. The summed E-state index contributed by atoms with van der Waals surface area (Å²) in [6.07, 6.45) is 3.94. The molecule has 3 nitrogen and oxygen atoms in total. The highest BCUT2D eigenvalue weighted by Gasteiger charge is 2.18. The second-order valence-corrected chi connectivity index (χ2v) is 5.56. The largest absolute Gasteiger partial charge is 0.342 e. The topological polar surface area (TPSA) is 33.2 Å². The van der Waals surface area contributed by atoms with Crippen LogP contribution in [0.5, 0.6) is 0 Å². The molecule has 0 N–H and O–H groups in total. The molecule has 3 rings (SSSR count). The number of hydrogen-bond acceptors (Lipinski definition) is 2. The van der Waals surface area contributed by atoms with E-state index >= 15 is 0 Å². The minimum Gasteiger partial charge on any atom is -0.342 e. The van der Waals surface area contributed by atoms with Crippen LogP contribution in [-0.4, -0.2) is 28.9 Å². The van der Waals surface area contributed by atoms with Gasteiger partial charge in [-0.2, -0.15) is 0 Å². The fourth-order valence-corrected chi connectivity index (χ4v) is 2.84. The van der Waals surface area contributed by atoms with E-state index in [1.165, 1.54) is 6.42 Å². The molecule has 0 spiro atoms. The van der Waals surface area contributed by atoms with Crippen molar-refractivity contribution in [3.05, 3.63) is 41.6 Å². The van der Waals surface area contributed by atoms with Gasteiger partial charge in [-0.05, 0) is 43.9 Å². The number of fused-ring (bicyclic) bond motifs is 1. The first-order valence-corrected chi connectivity index (χ1v) is 7.37. The Bertz CT molecular complexity index is 630. The molecule has 0 atom stereocenters. The summed E-state index contributed by atoms with van der Waals surface area (Å²) in [6, 6.07) is 10.2. The van der Waals surface area contributed by atoms with Gasteiger partial charge in [0, 0.05) is 18.5 Å². The van der Waals surface area contributed by atoms with Gasteiger partial charge in [0.1, 0.15) is 0 Å². The number of hydrogen-bond donors (Lipinski definition) is 0. The predicted octanol–water partition coefficient (Wildman–Crippen LogP) is 3.10. The minimum atomic E-state index is 0.218. The first-order chi connectivity index (χ1) is 9.74. The number of rotatable bonds is 2. The van der Waals surface area contributed by atoms with E-state index in [-0.39, 0.29) is 5.91 Å². The maximum Gasteiger partial charge on any atom is 0.228 e. The normalized spacial score (nSPS) is 15.6. The van der Waals surface area contributed by atoms with Crippen molar-refractivity contribution in [2.45, 2.75) is 32.6 Å². The van der Waals surface area contributed by atoms with Crippen molar-refractivity contribution in [1.82, 2.24) is 9.88 Å². The molecule has 0 radical (unpaired) electrons. The van der Waals surface area contributed by atoms with Crippen molar-refractivity contribution < 1.29 is 4.79 Å². The van der Waals surface area contributed by atoms with Gasteiger partial charge in [-0.25, -0.2) is 0 Å². The minimum absolute atomic E-state index is 0.218. The Kier molecular flexibility index (Phi) is 3.68. The first-order valence-electron chi connectivity index (χ1n) is 7.37. The highest BCUT2D eigenvalue weighted by Crippen LogP contribution is 2.18. The maximum absolute atomic E-state index is 12.3. The molecule has 1 aliphatic heterocycles. The molecule has 0 unspecified atom stereocenters. The summed E-state index contributed by atoms with van der Waals surface area (Å²) in [5.74, 6) is 0.218. The molecule has 104 valence electrons. The van der Waals surface area contributed by atoms with Gasteiger partial charge >= 0.3 is 0 Å². The Morgan fingerprint density at radius 1 is 1.20 bits per heavy atom. The lowest BCUT2D eigenvalue weighted by Gasteiger charge is -2.26. The molecule has 1 fully saturated rings. The van der Waals surface area contributed by atoms with Crippen molar-refractivity contribution in [3.8, 4) is 0 Å². The quantitative estimate of drug-likeness (QED) is 0.838. The summed E-state index contributed by atoms with van der Waals surface area (Å²) < 4.78 is 0. The number of pyridine rings is 1. The molecular formula is C17H20N2O. The highest BCUT2D eigenvalue weighted by atomic mass is 16.2. The number of nitrogens with zero attached hydrogens (tertiary/aromatic N) is 2. The van der Waals surface area contributed by atoms with Gasteiger partial charge in [0.25, 0.3) is 0 Å². The standard InChI is InChI=1S/C17H20N2O/c1-13-11-14-7-3-4-8-15(14)18-16(13)12-17(20)19-9-5-2-6-10-19/h3-4,7-8,11H,2,5-6,9-10,12H2,1H3. The number of amides is 1. The third-order valence-corrected chi connectivity index (χ3v) is 4.05. The van der Waals surface area contributed by atoms with Crippen molar-refractivity contribution in [3.63, 3.8) is 0 Å². The Morgan fingerprint density at radius 2 is 1.95 bits per heavy atom. The number of likely N-dealkylation sites (tertiary alicyclic amines) is 1. The van der Waals surface area contributed by atoms with Crippen LogP contribution in [0.3, 0.4) is 0 Å². The average molecular weight is 268 g/mol. The van der Waals surface area contributed by atoms with Crippen LogP contribution in [0, 0.1) is 6.92 Å². The van der Waals surface area contributed by atoms with Gasteiger partial charge in [-0.1, -0.05) is 18.2 Å². The zero-order chi connectivity index (χ0) is 13.9. The van der Waals surface area contributed by atoms with E-state index in [1.54, 1.807) is 0 Å². The third kappa shape index (κ3) is 2.67. The number of benzene rings is 1. The number of aryl methyl sites for hydroxylation is 1. The molecule has 2 heterocycles. The fraction of sp³-hybridized carbons (Fsp3) is 0.412. The van der Waals surface area contributed by atoms with Crippen molar-refractivity contribution in [2.24, 2.45) is 0 Å². The van der Waals surface area contributed by atoms with Gasteiger partial charge in [0.05, 0.1) is 17.6 Å². The molecule has 1 saturated heterocycles. The Balaban J connectivity index is 1.82. The van der Waals surface area contributed by atoms with Crippen LogP contribution in [0.1, 0.15) is 30.5 Å². The number of para-hydroxylation sites is 1. The van der Waals surface area contributed by atoms with E-state index in [0.717, 1.165) is 48.1 Å². The first kappa shape index (κ1) is 13.1. The van der Waals surface area contributed by atoms with Crippen LogP contribution in [-0.2, 0) is 11.2 Å². The maximum atomic E-state index is 12.3. The molecule has 2 aromatic rings. The smallest absolute Gasteiger partial charge is 0.228 e. The fourth-order valence-electron chi connectivity index (χ4n) is 2.84. The number of aromatic nitrogens is 1. The Labute approximate surface area is 119 Å². The Hall–Kier alpha value is -1.90. The molecular weight excluding hydrogens is 248 g/mol. The van der Waals surface area contributed by atoms with Crippen LogP contribution in [0.25, 0.3) is 10.9 Å². The van der Waals surface area contributed by atoms with E-state index in [9.17, 15) is 4.79 Å². The summed E-state index contributed by atoms with van der Waals surface area (Å²) in [6.45, 7) is 3.86. The highest BCUT2D eigenvalue weighted by molar-refractivity contribution is 5.82. The second kappa shape index (κ2) is 5.61. The molecule has 1 aromatic heterocycles. The zero-order valence-electron chi connectivity index (χ0n) is 11.9. The summed E-state index contributed by atoms with van der Waals surface area (Å²) in [5.41, 5.74) is 2.99. The number of carbonyl (C=O) groups is 1. The lowest BCUT2D eigenvalue weighted by molar-refractivity contribution is -0.131. The Morgan fingerprint density at radius 3 is 2.75 bits per heavy atom. The average Bonchev–Trinajstić information content (AvgIpc) is 2.49. The molecule has 0 aliphatic carbocycles. The van der Waals surface area contributed by atoms with E-state index in [0.29, 0.717) is 6.42 Å². The van der Waals surface area contributed by atoms with E-state index in [4.69, 9.17) is 0 Å². The van der Waals surface area contributed by atoms with Gasteiger partial charge in [-0.15, -0.1) is 0 Å². The summed E-state index contributed by atoms with van der Waals surface area (Å²) in [7, 11) is 0. The van der Waals surface area contributed by atoms with Gasteiger partial charge in [-0.3, -0.25) is 9.78 Å². The van der Waals surface area contributed by atoms with Gasteiger partial charge in [0.2, 0.25) is 5.91 Å². The molecule has 1 aromatic carbocycles.